The SMILES string of the molecule is CS(=O)(=O)NC(=O)C1CC12CCNCC2. The molecule has 1 amide bonds. The van der Waals surface area contributed by atoms with E-state index in [2.05, 4.69) is 10.0 Å². The molecule has 2 N–H and O–H groups in total. The molecule has 1 aliphatic carbocycles. The van der Waals surface area contributed by atoms with Crippen molar-refractivity contribution >= 4 is 15.9 Å². The van der Waals surface area contributed by atoms with E-state index in [1.165, 1.54) is 0 Å². The lowest BCUT2D eigenvalue weighted by Gasteiger charge is -2.22. The van der Waals surface area contributed by atoms with E-state index < -0.39 is 10.0 Å². The van der Waals surface area contributed by atoms with Crippen molar-refractivity contribution < 1.29 is 13.2 Å². The Morgan fingerprint density at radius 2 is 2.00 bits per heavy atom. The molecule has 2 rings (SSSR count). The Bertz CT molecular complexity index is 371. The summed E-state index contributed by atoms with van der Waals surface area (Å²) in [6.45, 7) is 1.87. The first kappa shape index (κ1) is 10.9. The maximum Gasteiger partial charge on any atom is 0.237 e. The van der Waals surface area contributed by atoms with E-state index in [0.717, 1.165) is 38.6 Å². The van der Waals surface area contributed by atoms with Gasteiger partial charge < -0.3 is 5.32 Å². The lowest BCUT2D eigenvalue weighted by molar-refractivity contribution is -0.121. The molecular weight excluding hydrogens is 216 g/mol. The molecule has 1 spiro atoms. The number of carbonyl (C=O) groups is 1. The van der Waals surface area contributed by atoms with Crippen LogP contribution in [0.2, 0.25) is 0 Å². The van der Waals surface area contributed by atoms with Crippen molar-refractivity contribution in [2.45, 2.75) is 19.3 Å². The van der Waals surface area contributed by atoms with Gasteiger partial charge in [0, 0.05) is 5.92 Å². The fraction of sp³-hybridized carbons (Fsp3) is 0.889. The van der Waals surface area contributed by atoms with Crippen LogP contribution in [0.4, 0.5) is 0 Å². The van der Waals surface area contributed by atoms with Gasteiger partial charge in [0.1, 0.15) is 0 Å². The van der Waals surface area contributed by atoms with Crippen LogP contribution in [0.3, 0.4) is 0 Å². The van der Waals surface area contributed by atoms with Gasteiger partial charge in [-0.05, 0) is 37.8 Å². The number of amides is 1. The minimum absolute atomic E-state index is 0.0886. The Hall–Kier alpha value is -0.620. The molecule has 2 aliphatic rings. The second kappa shape index (κ2) is 3.45. The average molecular weight is 232 g/mol. The Morgan fingerprint density at radius 1 is 1.40 bits per heavy atom. The fourth-order valence-corrected chi connectivity index (χ4v) is 2.96. The van der Waals surface area contributed by atoms with E-state index >= 15 is 0 Å². The number of hydrogen-bond donors (Lipinski definition) is 2. The minimum atomic E-state index is -3.40. The largest absolute Gasteiger partial charge is 0.317 e. The number of carbonyl (C=O) groups excluding carboxylic acids is 1. The standard InChI is InChI=1S/C9H16N2O3S/c1-15(13,14)11-8(12)7-6-9(7)2-4-10-5-3-9/h7,10H,2-6H2,1H3,(H,11,12). The summed E-state index contributed by atoms with van der Waals surface area (Å²) in [6, 6.07) is 0. The topological polar surface area (TPSA) is 75.3 Å². The minimum Gasteiger partial charge on any atom is -0.317 e. The number of sulfonamides is 1. The fourth-order valence-electron chi connectivity index (χ4n) is 2.45. The van der Waals surface area contributed by atoms with Gasteiger partial charge in [-0.15, -0.1) is 0 Å². The molecule has 1 unspecified atom stereocenters. The van der Waals surface area contributed by atoms with Crippen molar-refractivity contribution in [1.29, 1.82) is 0 Å². The zero-order valence-electron chi connectivity index (χ0n) is 8.75. The van der Waals surface area contributed by atoms with Gasteiger partial charge >= 0.3 is 0 Å². The summed E-state index contributed by atoms with van der Waals surface area (Å²) < 4.78 is 23.9. The normalized spacial score (nSPS) is 28.7. The molecule has 6 heteroatoms. The molecule has 2 fully saturated rings. The monoisotopic (exact) mass is 232 g/mol. The summed E-state index contributed by atoms with van der Waals surface area (Å²) >= 11 is 0. The summed E-state index contributed by atoms with van der Waals surface area (Å²) in [5.41, 5.74) is 0.0972. The highest BCUT2D eigenvalue weighted by atomic mass is 32.2. The summed E-state index contributed by atoms with van der Waals surface area (Å²) in [5, 5.41) is 3.24. The van der Waals surface area contributed by atoms with Gasteiger partial charge in [0.25, 0.3) is 0 Å². The van der Waals surface area contributed by atoms with Crippen molar-refractivity contribution in [2.75, 3.05) is 19.3 Å². The van der Waals surface area contributed by atoms with E-state index in [1.54, 1.807) is 0 Å². The quantitative estimate of drug-likeness (QED) is 0.670. The molecular formula is C9H16N2O3S. The number of nitrogens with one attached hydrogen (secondary N) is 2. The van der Waals surface area contributed by atoms with Crippen LogP contribution >= 0.6 is 0 Å². The average Bonchev–Trinajstić information content (AvgIpc) is 2.78. The summed E-state index contributed by atoms with van der Waals surface area (Å²) in [5.74, 6) is -0.409. The van der Waals surface area contributed by atoms with Crippen molar-refractivity contribution in [2.24, 2.45) is 11.3 Å². The van der Waals surface area contributed by atoms with Gasteiger partial charge in [-0.25, -0.2) is 8.42 Å². The van der Waals surface area contributed by atoms with Crippen molar-refractivity contribution in [3.8, 4) is 0 Å². The molecule has 1 saturated carbocycles. The Morgan fingerprint density at radius 3 is 2.53 bits per heavy atom. The summed E-state index contributed by atoms with van der Waals surface area (Å²) in [6.07, 6.45) is 3.82. The predicted octanol–water partition coefficient (Wildman–Crippen LogP) is -0.548. The molecule has 5 nitrogen and oxygen atoms in total. The molecule has 0 radical (unpaired) electrons. The van der Waals surface area contributed by atoms with Crippen LogP contribution in [0, 0.1) is 11.3 Å². The smallest absolute Gasteiger partial charge is 0.237 e. The van der Waals surface area contributed by atoms with Gasteiger partial charge in [-0.3, -0.25) is 9.52 Å². The van der Waals surface area contributed by atoms with E-state index in [4.69, 9.17) is 0 Å². The Labute approximate surface area is 89.7 Å². The predicted molar refractivity (Wildman–Crippen MR) is 55.6 cm³/mol. The molecule has 86 valence electrons. The van der Waals surface area contributed by atoms with Crippen molar-refractivity contribution in [3.63, 3.8) is 0 Å². The third-order valence-electron chi connectivity index (χ3n) is 3.39. The zero-order chi connectivity index (χ0) is 11.1. The molecule has 0 aromatic carbocycles. The third-order valence-corrected chi connectivity index (χ3v) is 3.96. The van der Waals surface area contributed by atoms with Crippen LogP contribution in [0.5, 0.6) is 0 Å². The van der Waals surface area contributed by atoms with Crippen LogP contribution in [0.25, 0.3) is 0 Å². The molecule has 0 bridgehead atoms. The van der Waals surface area contributed by atoms with Gasteiger partial charge in [-0.2, -0.15) is 0 Å². The molecule has 1 atom stereocenters. The highest BCUT2D eigenvalue weighted by molar-refractivity contribution is 7.89. The van der Waals surface area contributed by atoms with Gasteiger partial charge in [0.15, 0.2) is 0 Å². The van der Waals surface area contributed by atoms with Crippen molar-refractivity contribution in [3.05, 3.63) is 0 Å². The Balaban J connectivity index is 1.95. The highest BCUT2D eigenvalue weighted by Crippen LogP contribution is 2.58. The second-order valence-electron chi connectivity index (χ2n) is 4.61. The molecule has 1 heterocycles. The first-order valence-electron chi connectivity index (χ1n) is 5.15. The lowest BCUT2D eigenvalue weighted by Crippen LogP contribution is -2.35. The van der Waals surface area contributed by atoms with Gasteiger partial charge in [-0.1, -0.05) is 0 Å². The second-order valence-corrected chi connectivity index (χ2v) is 6.36. The van der Waals surface area contributed by atoms with Crippen LogP contribution in [0.1, 0.15) is 19.3 Å². The molecule has 15 heavy (non-hydrogen) atoms. The van der Waals surface area contributed by atoms with E-state index in [0.29, 0.717) is 0 Å². The molecule has 1 aliphatic heterocycles. The van der Waals surface area contributed by atoms with Crippen LogP contribution < -0.4 is 10.0 Å². The summed E-state index contributed by atoms with van der Waals surface area (Å²) in [7, 11) is -3.40. The van der Waals surface area contributed by atoms with E-state index in [1.807, 2.05) is 0 Å². The number of piperidine rings is 1. The lowest BCUT2D eigenvalue weighted by atomic mass is 9.92. The Kier molecular flexibility index (Phi) is 2.50. The molecule has 0 aromatic heterocycles. The van der Waals surface area contributed by atoms with Crippen molar-refractivity contribution in [1.82, 2.24) is 10.0 Å². The van der Waals surface area contributed by atoms with Gasteiger partial charge in [0.05, 0.1) is 6.26 Å². The highest BCUT2D eigenvalue weighted by Gasteiger charge is 2.57. The van der Waals surface area contributed by atoms with E-state index in [9.17, 15) is 13.2 Å². The summed E-state index contributed by atoms with van der Waals surface area (Å²) in [4.78, 5) is 11.6. The third kappa shape index (κ3) is 2.31. The number of rotatable bonds is 2. The first-order chi connectivity index (χ1) is 6.93. The number of hydrogen-bond acceptors (Lipinski definition) is 4. The van der Waals surface area contributed by atoms with E-state index in [-0.39, 0.29) is 17.2 Å². The van der Waals surface area contributed by atoms with Crippen LogP contribution in [0.15, 0.2) is 0 Å². The zero-order valence-corrected chi connectivity index (χ0v) is 9.56. The first-order valence-corrected chi connectivity index (χ1v) is 7.04. The van der Waals surface area contributed by atoms with Crippen LogP contribution in [-0.4, -0.2) is 33.7 Å². The van der Waals surface area contributed by atoms with Crippen LogP contribution in [-0.2, 0) is 14.8 Å². The maximum absolute atomic E-state index is 11.6. The molecule has 1 saturated heterocycles. The maximum atomic E-state index is 11.6. The molecule has 0 aromatic rings. The van der Waals surface area contributed by atoms with Gasteiger partial charge in [0.2, 0.25) is 15.9 Å².